The Hall–Kier alpha value is -4.91. The number of carboxylic acids is 1. The molecule has 0 aliphatic heterocycles. The van der Waals surface area contributed by atoms with Gasteiger partial charge in [0.25, 0.3) is 11.8 Å². The predicted molar refractivity (Wildman–Crippen MR) is 173 cm³/mol. The monoisotopic (exact) mass is 592 g/mol. The Labute approximate surface area is 259 Å². The lowest BCUT2D eigenvalue weighted by Crippen LogP contribution is -2.35. The number of hydrogen-bond donors (Lipinski definition) is 1. The van der Waals surface area contributed by atoms with Gasteiger partial charge in [0.15, 0.2) is 0 Å². The van der Waals surface area contributed by atoms with Crippen LogP contribution in [0.1, 0.15) is 58.0 Å². The summed E-state index contributed by atoms with van der Waals surface area (Å²) in [5.41, 5.74) is 4.28. The van der Waals surface area contributed by atoms with Crippen LogP contribution >= 0.6 is 0 Å². The van der Waals surface area contributed by atoms with Crippen molar-refractivity contribution in [3.63, 3.8) is 0 Å². The van der Waals surface area contributed by atoms with E-state index in [1.807, 2.05) is 95.9 Å². The molecular formula is C37H40N2O5. The van der Waals surface area contributed by atoms with E-state index in [9.17, 15) is 19.5 Å². The maximum absolute atomic E-state index is 14.1. The second-order valence-electron chi connectivity index (χ2n) is 10.7. The van der Waals surface area contributed by atoms with E-state index in [0.29, 0.717) is 48.3 Å². The number of carboxylic acid groups (broad SMARTS) is 1. The van der Waals surface area contributed by atoms with Gasteiger partial charge in [-0.05, 0) is 59.4 Å². The molecule has 0 heterocycles. The standard InChI is InChI=1S/C37H40N2O5/c1-3-4-23-39(27-29-13-6-5-7-14-29)37(43)34-20-11-9-18-32(34)31-17-8-10-19-33(31)36(42)38(25-22-35(40)41)24-21-28-15-12-16-30(26-28)44-2/h5-20,26H,3-4,21-25,27H2,1-2H3,(H,40,41). The van der Waals surface area contributed by atoms with Crippen LogP contribution in [0.25, 0.3) is 11.1 Å². The number of carbonyl (C=O) groups excluding carboxylic acids is 2. The van der Waals surface area contributed by atoms with Gasteiger partial charge in [0.05, 0.1) is 13.5 Å². The van der Waals surface area contributed by atoms with Crippen molar-refractivity contribution in [2.24, 2.45) is 0 Å². The van der Waals surface area contributed by atoms with E-state index in [1.54, 1.807) is 24.1 Å². The molecule has 2 amide bonds. The summed E-state index contributed by atoms with van der Waals surface area (Å²) >= 11 is 0. The van der Waals surface area contributed by atoms with E-state index >= 15 is 0 Å². The topological polar surface area (TPSA) is 87.2 Å². The molecule has 4 aromatic rings. The van der Waals surface area contributed by atoms with Crippen LogP contribution in [0.15, 0.2) is 103 Å². The third-order valence-electron chi connectivity index (χ3n) is 7.58. The van der Waals surface area contributed by atoms with Crippen LogP contribution in [0.3, 0.4) is 0 Å². The van der Waals surface area contributed by atoms with E-state index in [1.165, 1.54) is 0 Å². The lowest BCUT2D eigenvalue weighted by molar-refractivity contribution is -0.137. The molecule has 0 aromatic heterocycles. The zero-order chi connectivity index (χ0) is 31.3. The number of carbonyl (C=O) groups is 3. The molecule has 0 saturated carbocycles. The third-order valence-corrected chi connectivity index (χ3v) is 7.58. The minimum absolute atomic E-state index is 0.0644. The molecule has 0 saturated heterocycles. The van der Waals surface area contributed by atoms with Gasteiger partial charge in [0, 0.05) is 37.3 Å². The summed E-state index contributed by atoms with van der Waals surface area (Å²) in [6.45, 7) is 3.60. The average Bonchev–Trinajstić information content (AvgIpc) is 3.06. The summed E-state index contributed by atoms with van der Waals surface area (Å²) in [5, 5.41) is 9.42. The summed E-state index contributed by atoms with van der Waals surface area (Å²) < 4.78 is 5.33. The van der Waals surface area contributed by atoms with E-state index in [4.69, 9.17) is 4.74 Å². The maximum Gasteiger partial charge on any atom is 0.305 e. The number of rotatable bonds is 15. The molecule has 0 unspecified atom stereocenters. The maximum atomic E-state index is 14.1. The molecule has 7 nitrogen and oxygen atoms in total. The Balaban J connectivity index is 1.66. The highest BCUT2D eigenvalue weighted by Gasteiger charge is 2.24. The fraction of sp³-hybridized carbons (Fsp3) is 0.270. The second-order valence-corrected chi connectivity index (χ2v) is 10.7. The predicted octanol–water partition coefficient (Wildman–Crippen LogP) is 6.96. The molecule has 4 aromatic carbocycles. The summed E-state index contributed by atoms with van der Waals surface area (Å²) in [4.78, 5) is 43.2. The number of aliphatic carboxylic acids is 1. The first-order valence-corrected chi connectivity index (χ1v) is 15.1. The lowest BCUT2D eigenvalue weighted by atomic mass is 9.93. The van der Waals surface area contributed by atoms with Crippen LogP contribution < -0.4 is 4.74 Å². The number of amides is 2. The second kappa shape index (κ2) is 16.1. The smallest absolute Gasteiger partial charge is 0.305 e. The normalized spacial score (nSPS) is 10.7. The Morgan fingerprint density at radius 1 is 0.682 bits per heavy atom. The Morgan fingerprint density at radius 2 is 1.27 bits per heavy atom. The molecule has 228 valence electrons. The zero-order valence-electron chi connectivity index (χ0n) is 25.4. The molecule has 44 heavy (non-hydrogen) atoms. The summed E-state index contributed by atoms with van der Waals surface area (Å²) in [7, 11) is 1.60. The van der Waals surface area contributed by atoms with Gasteiger partial charge in [-0.15, -0.1) is 0 Å². The number of benzene rings is 4. The highest BCUT2D eigenvalue weighted by atomic mass is 16.5. The first kappa shape index (κ1) is 32.0. The van der Waals surface area contributed by atoms with Gasteiger partial charge in [0.1, 0.15) is 5.75 Å². The Morgan fingerprint density at radius 3 is 1.89 bits per heavy atom. The van der Waals surface area contributed by atoms with Crippen LogP contribution in [0, 0.1) is 0 Å². The zero-order valence-corrected chi connectivity index (χ0v) is 25.4. The molecule has 0 fully saturated rings. The quantitative estimate of drug-likeness (QED) is 0.161. The van der Waals surface area contributed by atoms with Crippen molar-refractivity contribution < 1.29 is 24.2 Å². The van der Waals surface area contributed by atoms with Crippen molar-refractivity contribution >= 4 is 17.8 Å². The molecule has 0 aliphatic carbocycles. The summed E-state index contributed by atoms with van der Waals surface area (Å²) in [5.74, 6) is -0.628. The third kappa shape index (κ3) is 8.57. The number of nitrogens with zero attached hydrogens (tertiary/aromatic N) is 2. The lowest BCUT2D eigenvalue weighted by Gasteiger charge is -2.26. The van der Waals surface area contributed by atoms with Crippen molar-refractivity contribution in [1.29, 1.82) is 0 Å². The van der Waals surface area contributed by atoms with Gasteiger partial charge in [-0.2, -0.15) is 0 Å². The molecule has 0 atom stereocenters. The van der Waals surface area contributed by atoms with Crippen molar-refractivity contribution in [2.45, 2.75) is 39.2 Å². The molecule has 0 spiro atoms. The van der Waals surface area contributed by atoms with Gasteiger partial charge in [-0.3, -0.25) is 14.4 Å². The number of unbranched alkanes of at least 4 members (excludes halogenated alkanes) is 1. The largest absolute Gasteiger partial charge is 0.497 e. The van der Waals surface area contributed by atoms with Crippen LogP contribution in [-0.2, 0) is 17.8 Å². The average molecular weight is 593 g/mol. The summed E-state index contributed by atoms with van der Waals surface area (Å²) in [6, 6.07) is 32.2. The highest BCUT2D eigenvalue weighted by molar-refractivity contribution is 6.06. The van der Waals surface area contributed by atoms with Crippen LogP contribution in [0.4, 0.5) is 0 Å². The fourth-order valence-corrected chi connectivity index (χ4v) is 5.19. The van der Waals surface area contributed by atoms with Crippen molar-refractivity contribution in [2.75, 3.05) is 26.7 Å². The van der Waals surface area contributed by atoms with Crippen LogP contribution in [0.5, 0.6) is 5.75 Å². The summed E-state index contributed by atoms with van der Waals surface area (Å²) in [6.07, 6.45) is 2.19. The first-order chi connectivity index (χ1) is 21.4. The SMILES string of the molecule is CCCCN(Cc1ccccc1)C(=O)c1ccccc1-c1ccccc1C(=O)N(CCC(=O)O)CCc1cccc(OC)c1. The van der Waals surface area contributed by atoms with E-state index in [-0.39, 0.29) is 24.8 Å². The van der Waals surface area contributed by atoms with Crippen LogP contribution in [0.2, 0.25) is 0 Å². The number of ether oxygens (including phenoxy) is 1. The van der Waals surface area contributed by atoms with E-state index in [0.717, 1.165) is 29.7 Å². The molecule has 0 radical (unpaired) electrons. The first-order valence-electron chi connectivity index (χ1n) is 15.1. The molecule has 0 aliphatic rings. The van der Waals surface area contributed by atoms with Crippen molar-refractivity contribution in [3.05, 3.63) is 125 Å². The minimum Gasteiger partial charge on any atom is -0.497 e. The van der Waals surface area contributed by atoms with Crippen LogP contribution in [-0.4, -0.2) is 59.4 Å². The molecular weight excluding hydrogens is 552 g/mol. The van der Waals surface area contributed by atoms with Crippen molar-refractivity contribution in [3.8, 4) is 16.9 Å². The highest BCUT2D eigenvalue weighted by Crippen LogP contribution is 2.30. The molecule has 4 rings (SSSR count). The molecule has 1 N–H and O–H groups in total. The van der Waals surface area contributed by atoms with Gasteiger partial charge < -0.3 is 19.6 Å². The van der Waals surface area contributed by atoms with Gasteiger partial charge in [-0.1, -0.05) is 92.2 Å². The van der Waals surface area contributed by atoms with Gasteiger partial charge in [0.2, 0.25) is 0 Å². The fourth-order valence-electron chi connectivity index (χ4n) is 5.19. The number of methoxy groups -OCH3 is 1. The molecule has 0 bridgehead atoms. The van der Waals surface area contributed by atoms with E-state index in [2.05, 4.69) is 6.92 Å². The van der Waals surface area contributed by atoms with E-state index < -0.39 is 5.97 Å². The van der Waals surface area contributed by atoms with Gasteiger partial charge in [-0.25, -0.2) is 0 Å². The van der Waals surface area contributed by atoms with Gasteiger partial charge >= 0.3 is 5.97 Å². The Bertz CT molecular complexity index is 1550. The van der Waals surface area contributed by atoms with Crippen molar-refractivity contribution in [1.82, 2.24) is 9.80 Å². The molecule has 7 heteroatoms. The Kier molecular flexibility index (Phi) is 11.7. The number of hydrogen-bond acceptors (Lipinski definition) is 4. The minimum atomic E-state index is -0.973.